The third-order valence-electron chi connectivity index (χ3n) is 23.1. The van der Waals surface area contributed by atoms with Gasteiger partial charge in [-0.3, -0.25) is 102 Å². The number of carbonyl (C=O) groups is 18. The smallest absolute Gasteiger partial charge is 0.317 e. The standard InChI is InChI=1S/C90H144N22O28/c1-56(118)101-63-31-34-94-74(120)45-66(106-83(132)64(43-57-46-98-61-26-17-16-25-60(57)61)104-81(130)62(27-21-33-97-90(91)92)103-75(121)48-100-79(128)65(105-82(63)131)44-58-24-20-32-93-58)89(138)112-38-22-28-72(112)88(137)110-71(55-117)87(136)109-70(54-116)86(135)108-69(53-115)85(134)102-59(23-18-19-37-111(49-77(124)125)50-78(126)127)47-99-67(51-113)84(133)107-68(52-114)80(129)96-36-40-140-42-41-139-39-35-95-73(119)29-14-12-10-8-6-4-2-3-5-7-9-11-13-15-30-76(122)123/h16-17,24-26,32,46,59,62-72,98-99,113-117H,2-15,18-23,27-31,33-45,47-55H2,1H3,(H,94,120)(H,95,119)(H,96,129)(H,100,128)(H,101,118)(H,102,134)(H,103,121)(H,104,130)(H,105,131)(H,106,132)(H,107,133)(H,108,135)(H,109,136)(H,110,137)(H,122,123)(H,124,125)(H,126,127)(H4,91,92,97)/t59-,62-,63-,64-,65-,66-,67-,68-,69-,70-,71-,72-/m0/s1. The number of nitrogens with two attached hydrogens (primary N) is 1. The molecule has 4 heterocycles. The maximum atomic E-state index is 15.3. The van der Waals surface area contributed by atoms with Crippen molar-refractivity contribution in [1.82, 2.24) is 99.9 Å². The average molecular weight is 1980 g/mol. The van der Waals surface area contributed by atoms with Gasteiger partial charge in [-0.1, -0.05) is 108 Å². The fourth-order valence-electron chi connectivity index (χ4n) is 15.6. The molecule has 2 saturated heterocycles. The number of hydrogen-bond donors (Lipinski definition) is 27. The summed E-state index contributed by atoms with van der Waals surface area (Å²) in [5.74, 6) is -18.2. The van der Waals surface area contributed by atoms with Crippen molar-refractivity contribution in [1.29, 1.82) is 5.41 Å². The third-order valence-corrected chi connectivity index (χ3v) is 23.1. The number of ether oxygens (including phenoxy) is 2. The zero-order valence-electron chi connectivity index (χ0n) is 79.4. The lowest BCUT2D eigenvalue weighted by atomic mass is 10.0. The number of aliphatic hydroxyl groups is 5. The average Bonchev–Trinajstić information content (AvgIpc) is 1.61. The summed E-state index contributed by atoms with van der Waals surface area (Å²) in [4.78, 5) is 253. The van der Waals surface area contributed by atoms with Gasteiger partial charge >= 0.3 is 17.9 Å². The van der Waals surface area contributed by atoms with Gasteiger partial charge < -0.3 is 151 Å². The van der Waals surface area contributed by atoms with Crippen LogP contribution in [-0.4, -0.2) is 372 Å². The molecule has 50 heteroatoms. The van der Waals surface area contributed by atoms with E-state index in [0.717, 1.165) is 68.1 Å². The van der Waals surface area contributed by atoms with Crippen LogP contribution in [0, 0.1) is 5.41 Å². The Kier molecular flexibility index (Phi) is 56.5. The number of carboxylic acid groups (broad SMARTS) is 3. The zero-order valence-corrected chi connectivity index (χ0v) is 79.4. The summed E-state index contributed by atoms with van der Waals surface area (Å²) in [6.45, 7) is -6.86. The highest BCUT2D eigenvalue weighted by Crippen LogP contribution is 2.24. The van der Waals surface area contributed by atoms with E-state index in [-0.39, 0.29) is 129 Å². The number of para-hydroxylation sites is 1. The van der Waals surface area contributed by atoms with Gasteiger partial charge in [0.05, 0.1) is 85.5 Å². The number of rotatable bonds is 64. The molecule has 0 unspecified atom stereocenters. The SMILES string of the molecule is CC(=O)N[C@H]1CCNC(=O)C[C@@H](C(=O)N2CCC[C@H]2C(=O)N[C@@H](CO)C(=O)N[C@@H](CO)C(=O)N[C@@H](CO)C(=O)N[C@@H](CCCCN(CC(=O)O)CC(=O)O)CN[C@@H](CO)C(=O)N[C@@H](CO)C(=O)NCCOCCOCCNC(=O)CCCCCCCCCCCCCCCCC(=O)O)NC(=O)[C@H](Cc2c[nH]c3ccccc23)NC(=O)[C@H](CCCNC(=N)N)NC(=O)CNC(=O)[C@H](CC2=CCC=N2)NC1=O. The Balaban J connectivity index is 1.22. The third kappa shape index (κ3) is 46.5. The summed E-state index contributed by atoms with van der Waals surface area (Å²) in [6.07, 6.45) is 19.1. The lowest BCUT2D eigenvalue weighted by Crippen LogP contribution is -2.61. The number of guanidine groups is 1. The van der Waals surface area contributed by atoms with E-state index in [1.807, 2.05) is 0 Å². The van der Waals surface area contributed by atoms with Crippen molar-refractivity contribution in [3.8, 4) is 0 Å². The first-order valence-electron chi connectivity index (χ1n) is 47.7. The Hall–Kier alpha value is -12.5. The molecule has 140 heavy (non-hydrogen) atoms. The summed E-state index contributed by atoms with van der Waals surface area (Å²) >= 11 is 0. The lowest BCUT2D eigenvalue weighted by Gasteiger charge is -2.31. The Morgan fingerprint density at radius 1 is 0.557 bits per heavy atom. The maximum Gasteiger partial charge on any atom is 0.317 e. The van der Waals surface area contributed by atoms with Gasteiger partial charge in [0.15, 0.2) is 5.96 Å². The van der Waals surface area contributed by atoms with E-state index in [9.17, 15) is 112 Å². The number of allylic oxidation sites excluding steroid dienone is 1. The van der Waals surface area contributed by atoms with Crippen molar-refractivity contribution in [3.63, 3.8) is 0 Å². The highest BCUT2D eigenvalue weighted by atomic mass is 16.5. The van der Waals surface area contributed by atoms with Crippen LogP contribution in [0.15, 0.2) is 47.2 Å². The first-order valence-corrected chi connectivity index (χ1v) is 47.7. The molecule has 782 valence electrons. The quantitative estimate of drug-likeness (QED) is 0.0166. The predicted octanol–water partition coefficient (Wildman–Crippen LogP) is -6.24. The highest BCUT2D eigenvalue weighted by Gasteiger charge is 2.42. The van der Waals surface area contributed by atoms with Gasteiger partial charge in [-0.25, -0.2) is 0 Å². The molecule has 0 radical (unpaired) electrons. The summed E-state index contributed by atoms with van der Waals surface area (Å²) < 4.78 is 11.1. The van der Waals surface area contributed by atoms with Crippen molar-refractivity contribution in [2.45, 2.75) is 259 Å². The maximum absolute atomic E-state index is 15.3. The minimum absolute atomic E-state index is 0.0136. The summed E-state index contributed by atoms with van der Waals surface area (Å²) in [7, 11) is 0. The van der Waals surface area contributed by atoms with Crippen molar-refractivity contribution in [2.75, 3.05) is 125 Å². The minimum atomic E-state index is -2.02. The summed E-state index contributed by atoms with van der Waals surface area (Å²) in [6, 6.07) is -12.8. The van der Waals surface area contributed by atoms with Crippen molar-refractivity contribution < 1.29 is 137 Å². The largest absolute Gasteiger partial charge is 0.481 e. The number of aliphatic imine (C=N–C) groups is 1. The number of unbranched alkanes of at least 4 members (excludes halogenated alkanes) is 14. The van der Waals surface area contributed by atoms with Gasteiger partial charge in [-0.2, -0.15) is 0 Å². The van der Waals surface area contributed by atoms with Crippen molar-refractivity contribution in [2.24, 2.45) is 10.7 Å². The van der Waals surface area contributed by atoms with E-state index in [2.05, 4.69) is 95.0 Å². The molecular formula is C90H144N22O28. The molecule has 1 aromatic heterocycles. The van der Waals surface area contributed by atoms with E-state index in [0.29, 0.717) is 41.5 Å². The molecule has 0 spiro atoms. The van der Waals surface area contributed by atoms with E-state index in [1.54, 1.807) is 42.8 Å². The van der Waals surface area contributed by atoms with Gasteiger partial charge in [-0.15, -0.1) is 0 Å². The zero-order chi connectivity index (χ0) is 103. The molecule has 0 aliphatic carbocycles. The number of H-pyrrole nitrogens is 1. The second-order valence-corrected chi connectivity index (χ2v) is 34.3. The molecule has 2 aromatic rings. The topological polar surface area (TPSA) is 765 Å². The number of aliphatic carboxylic acids is 3. The van der Waals surface area contributed by atoms with Crippen LogP contribution < -0.4 is 90.8 Å². The Morgan fingerprint density at radius 3 is 1.69 bits per heavy atom. The fourth-order valence-corrected chi connectivity index (χ4v) is 15.6. The lowest BCUT2D eigenvalue weighted by molar-refractivity contribution is -0.144. The molecule has 50 nitrogen and oxygen atoms in total. The predicted molar refractivity (Wildman–Crippen MR) is 504 cm³/mol. The number of amides is 15. The first kappa shape index (κ1) is 118. The second kappa shape index (κ2) is 67.0. The van der Waals surface area contributed by atoms with E-state index in [4.69, 9.17) is 25.7 Å². The molecule has 3 aliphatic rings. The van der Waals surface area contributed by atoms with Crippen LogP contribution in [-0.2, 0) is 102 Å². The molecule has 3 aliphatic heterocycles. The molecule has 2 fully saturated rings. The number of benzene rings is 1. The normalized spacial score (nSPS) is 18.6. The molecule has 12 atom stereocenters. The highest BCUT2D eigenvalue weighted by molar-refractivity contribution is 6.01. The van der Waals surface area contributed by atoms with Crippen LogP contribution in [0.1, 0.15) is 186 Å². The van der Waals surface area contributed by atoms with Gasteiger partial charge in [0.1, 0.15) is 66.5 Å². The number of aliphatic hydroxyl groups excluding tert-OH is 5. The van der Waals surface area contributed by atoms with Crippen LogP contribution >= 0.6 is 0 Å². The molecule has 15 amide bonds. The molecule has 0 bridgehead atoms. The minimum Gasteiger partial charge on any atom is -0.481 e. The van der Waals surface area contributed by atoms with E-state index in [1.165, 1.54) is 38.5 Å². The van der Waals surface area contributed by atoms with Gasteiger partial charge in [0, 0.05) is 113 Å². The number of aromatic amines is 1. The number of carbonyl (C=O) groups excluding carboxylic acids is 15. The van der Waals surface area contributed by atoms with Crippen molar-refractivity contribution in [3.05, 3.63) is 47.8 Å². The second-order valence-electron chi connectivity index (χ2n) is 34.3. The first-order chi connectivity index (χ1) is 67.2. The number of likely N-dealkylation sites (tertiary alicyclic amines) is 1. The molecule has 5 rings (SSSR count). The number of aromatic nitrogens is 1. The monoisotopic (exact) mass is 1980 g/mol. The van der Waals surface area contributed by atoms with Crippen LogP contribution in [0.5, 0.6) is 0 Å². The summed E-state index contributed by atoms with van der Waals surface area (Å²) in [5.41, 5.74) is 6.98. The summed E-state index contributed by atoms with van der Waals surface area (Å²) in [5, 5.41) is 128. The molecule has 28 N–H and O–H groups in total. The Bertz CT molecular complexity index is 4410. The van der Waals surface area contributed by atoms with Gasteiger partial charge in [-0.05, 0) is 76.0 Å². The molecular weight excluding hydrogens is 1840 g/mol. The van der Waals surface area contributed by atoms with E-state index < -0.39 is 251 Å². The molecule has 0 saturated carbocycles. The van der Waals surface area contributed by atoms with Crippen LogP contribution in [0.4, 0.5) is 0 Å². The fraction of sp³-hybridized carbons (Fsp3) is 0.667. The number of nitrogens with zero attached hydrogens (tertiary/aromatic N) is 3. The Morgan fingerprint density at radius 2 is 1.11 bits per heavy atom. The van der Waals surface area contributed by atoms with Crippen molar-refractivity contribution >= 4 is 130 Å². The van der Waals surface area contributed by atoms with Crippen LogP contribution in [0.2, 0.25) is 0 Å². The molecule has 1 aromatic carbocycles. The van der Waals surface area contributed by atoms with E-state index >= 15 is 9.59 Å². The van der Waals surface area contributed by atoms with Crippen LogP contribution in [0.3, 0.4) is 0 Å². The van der Waals surface area contributed by atoms with Gasteiger partial charge in [0.2, 0.25) is 88.6 Å². The van der Waals surface area contributed by atoms with Crippen LogP contribution in [0.25, 0.3) is 10.9 Å². The number of carboxylic acids is 3. The number of fused-ring (bicyclic) bond motifs is 1. The Labute approximate surface area is 810 Å². The number of hydrogen-bond acceptors (Lipinski definition) is 29. The van der Waals surface area contributed by atoms with Gasteiger partial charge in [0.25, 0.3) is 0 Å². The number of nitrogens with one attached hydrogen (secondary N) is 18.